The minimum Gasteiger partial charge on any atom is -0.503 e. The highest BCUT2D eigenvalue weighted by Gasteiger charge is 2.31. The number of terminal acetylenes is 1. The van der Waals surface area contributed by atoms with Gasteiger partial charge in [-0.25, -0.2) is 4.39 Å². The van der Waals surface area contributed by atoms with Crippen LogP contribution in [0.3, 0.4) is 0 Å². The van der Waals surface area contributed by atoms with Crippen molar-refractivity contribution < 1.29 is 9.50 Å². The van der Waals surface area contributed by atoms with Crippen LogP contribution in [-0.4, -0.2) is 27.4 Å². The molecule has 180 valence electrons. The second kappa shape index (κ2) is 10.7. The summed E-state index contributed by atoms with van der Waals surface area (Å²) in [6.07, 6.45) is 14.1. The van der Waals surface area contributed by atoms with Crippen molar-refractivity contribution in [3.05, 3.63) is 99.7 Å². The molecule has 1 aromatic heterocycles. The average molecular weight is 490 g/mol. The lowest BCUT2D eigenvalue weighted by atomic mass is 10.0. The normalized spacial score (nSPS) is 17.4. The lowest BCUT2D eigenvalue weighted by Crippen LogP contribution is -2.50. The number of aromatic hydroxyl groups is 1. The second-order valence-electron chi connectivity index (χ2n) is 8.51. The van der Waals surface area contributed by atoms with Gasteiger partial charge in [0.05, 0.1) is 5.70 Å². The van der Waals surface area contributed by atoms with Crippen molar-refractivity contribution in [3.8, 4) is 18.6 Å². The number of pyridine rings is 1. The van der Waals surface area contributed by atoms with Crippen LogP contribution in [0.2, 0.25) is 0 Å². The molecule has 2 aromatic carbocycles. The fraction of sp³-hybridized carbons (Fsp3) is 0.250. The number of hydrogen-bond acceptors (Lipinski definition) is 5. The number of aromatic nitrogens is 1. The van der Waals surface area contributed by atoms with E-state index in [0.29, 0.717) is 5.69 Å². The number of thioether (sulfide) groups is 1. The molecule has 7 heteroatoms. The molecule has 1 atom stereocenters. The van der Waals surface area contributed by atoms with E-state index < -0.39 is 0 Å². The van der Waals surface area contributed by atoms with Gasteiger partial charge in [-0.1, -0.05) is 30.8 Å². The van der Waals surface area contributed by atoms with Crippen molar-refractivity contribution in [1.82, 2.24) is 9.58 Å². The Bertz CT molecular complexity index is 1320. The summed E-state index contributed by atoms with van der Waals surface area (Å²) in [6, 6.07) is 14.9. The first-order valence-electron chi connectivity index (χ1n) is 11.5. The first-order chi connectivity index (χ1) is 17.0. The van der Waals surface area contributed by atoms with Crippen LogP contribution in [0.4, 0.5) is 4.39 Å². The van der Waals surface area contributed by atoms with Gasteiger partial charge < -0.3 is 15.4 Å². The molecule has 3 aliphatic rings. The van der Waals surface area contributed by atoms with Crippen molar-refractivity contribution >= 4 is 17.5 Å². The van der Waals surface area contributed by atoms with E-state index in [-0.39, 0.29) is 23.2 Å². The number of nitrogens with zero attached hydrogens (tertiary/aromatic N) is 2. The van der Waals surface area contributed by atoms with E-state index in [0.717, 1.165) is 42.8 Å². The summed E-state index contributed by atoms with van der Waals surface area (Å²) < 4.78 is 14.9. The van der Waals surface area contributed by atoms with Gasteiger partial charge in [0, 0.05) is 29.5 Å². The van der Waals surface area contributed by atoms with Crippen LogP contribution in [0, 0.1) is 18.7 Å². The van der Waals surface area contributed by atoms with Crippen LogP contribution >= 0.6 is 11.8 Å². The van der Waals surface area contributed by atoms with Crippen LogP contribution < -0.4 is 10.9 Å². The van der Waals surface area contributed by atoms with Crippen LogP contribution in [0.1, 0.15) is 41.6 Å². The average Bonchev–Trinajstić information content (AvgIpc) is 3.07. The molecule has 4 heterocycles. The van der Waals surface area contributed by atoms with Gasteiger partial charge in [0.2, 0.25) is 5.43 Å². The van der Waals surface area contributed by atoms with Gasteiger partial charge in [-0.3, -0.25) is 9.47 Å². The minimum absolute atomic E-state index is 0.136. The predicted octanol–water partition coefficient (Wildman–Crippen LogP) is 5.17. The summed E-state index contributed by atoms with van der Waals surface area (Å²) in [5.74, 6) is 0.573. The van der Waals surface area contributed by atoms with Gasteiger partial charge in [0.1, 0.15) is 17.7 Å². The number of piperidine rings is 1. The molecule has 0 aliphatic carbocycles. The zero-order valence-electron chi connectivity index (χ0n) is 19.4. The highest BCUT2D eigenvalue weighted by molar-refractivity contribution is 7.98. The van der Waals surface area contributed by atoms with Crippen molar-refractivity contribution in [2.24, 2.45) is 0 Å². The molecule has 5 nitrogen and oxygen atoms in total. The Kier molecular flexibility index (Phi) is 7.52. The standard InChI is InChI=1S/C14H11FS.C12H15N3O2.C2H2/c15-13-6-5-11-9-16-14-4-2-1-3-10(14)7-12(11)8-13;1-8-11-12(17)9(16)5-7-15(11)13-10-4-2-3-6-14(8)10;1-2/h1-6,8H,7,9H2;5,7,10,13,17H,1-4,6H2;1-2H/t;10-;/m.0./s1. The van der Waals surface area contributed by atoms with Gasteiger partial charge in [-0.15, -0.1) is 24.6 Å². The number of nitrogens with one attached hydrogen (secondary N) is 1. The van der Waals surface area contributed by atoms with E-state index in [1.807, 2.05) is 23.9 Å². The first-order valence-corrected chi connectivity index (χ1v) is 12.5. The van der Waals surface area contributed by atoms with Crippen LogP contribution in [0.25, 0.3) is 5.70 Å². The molecule has 1 saturated heterocycles. The third-order valence-corrected chi connectivity index (χ3v) is 7.55. The predicted molar refractivity (Wildman–Crippen MR) is 140 cm³/mol. The highest BCUT2D eigenvalue weighted by atomic mass is 32.2. The molecule has 0 radical (unpaired) electrons. The molecule has 0 bridgehead atoms. The molecular formula is C28H28FN3O2S. The van der Waals surface area contributed by atoms with Gasteiger partial charge in [-0.05, 0) is 60.6 Å². The Balaban J connectivity index is 0.000000155. The quantitative estimate of drug-likeness (QED) is 0.427. The summed E-state index contributed by atoms with van der Waals surface area (Å²) in [4.78, 5) is 14.9. The molecule has 2 N–H and O–H groups in total. The zero-order valence-corrected chi connectivity index (χ0v) is 20.2. The van der Waals surface area contributed by atoms with Gasteiger partial charge in [0.15, 0.2) is 5.75 Å². The van der Waals surface area contributed by atoms with E-state index in [1.165, 1.54) is 28.5 Å². The monoisotopic (exact) mass is 489 g/mol. The minimum atomic E-state index is -0.366. The van der Waals surface area contributed by atoms with E-state index in [4.69, 9.17) is 0 Å². The largest absolute Gasteiger partial charge is 0.503 e. The van der Waals surface area contributed by atoms with Gasteiger partial charge in [0.25, 0.3) is 0 Å². The fourth-order valence-corrected chi connectivity index (χ4v) is 5.74. The smallest absolute Gasteiger partial charge is 0.224 e. The molecule has 0 unspecified atom stereocenters. The van der Waals surface area contributed by atoms with E-state index >= 15 is 0 Å². The van der Waals surface area contributed by atoms with E-state index in [9.17, 15) is 14.3 Å². The first kappa shape index (κ1) is 24.5. The van der Waals surface area contributed by atoms with Crippen molar-refractivity contribution in [2.45, 2.75) is 42.5 Å². The van der Waals surface area contributed by atoms with Crippen molar-refractivity contribution in [1.29, 1.82) is 0 Å². The van der Waals surface area contributed by atoms with Crippen molar-refractivity contribution in [2.75, 3.05) is 12.0 Å². The molecular weight excluding hydrogens is 461 g/mol. The maximum atomic E-state index is 13.2. The van der Waals surface area contributed by atoms with Gasteiger partial charge in [-0.2, -0.15) is 0 Å². The van der Waals surface area contributed by atoms with E-state index in [2.05, 4.69) is 48.0 Å². The Morgan fingerprint density at radius 2 is 1.89 bits per heavy atom. The second-order valence-corrected chi connectivity index (χ2v) is 9.53. The molecule has 1 fully saturated rings. The molecule has 3 aromatic rings. The zero-order chi connectivity index (χ0) is 24.9. The Morgan fingerprint density at radius 3 is 2.71 bits per heavy atom. The SMILES string of the molecule is C#C.C=C1c2c(O)c(=O)ccn2N[C@@H]2CCCCN12.Fc1ccc2c(c1)Cc1ccccc1SC2. The van der Waals surface area contributed by atoms with Crippen LogP contribution in [-0.2, 0) is 12.2 Å². The third-order valence-electron chi connectivity index (χ3n) is 6.39. The maximum absolute atomic E-state index is 13.2. The Labute approximate surface area is 209 Å². The fourth-order valence-electron chi connectivity index (χ4n) is 4.65. The third kappa shape index (κ3) is 5.08. The number of fused-ring (bicyclic) bond motifs is 4. The molecule has 35 heavy (non-hydrogen) atoms. The molecule has 0 spiro atoms. The van der Waals surface area contributed by atoms with Crippen LogP contribution in [0.15, 0.2) is 71.0 Å². The lowest BCUT2D eigenvalue weighted by molar-refractivity contribution is 0.221. The Hall–Kier alpha value is -3.63. The lowest BCUT2D eigenvalue weighted by Gasteiger charge is -2.44. The van der Waals surface area contributed by atoms with Crippen molar-refractivity contribution in [3.63, 3.8) is 0 Å². The Morgan fingerprint density at radius 1 is 1.09 bits per heavy atom. The maximum Gasteiger partial charge on any atom is 0.224 e. The molecule has 0 amide bonds. The summed E-state index contributed by atoms with van der Waals surface area (Å²) in [5.41, 5.74) is 7.80. The summed E-state index contributed by atoms with van der Waals surface area (Å²) in [5, 5.41) is 9.84. The topological polar surface area (TPSA) is 57.5 Å². The highest BCUT2D eigenvalue weighted by Crippen LogP contribution is 2.34. The summed E-state index contributed by atoms with van der Waals surface area (Å²) in [7, 11) is 0. The molecule has 6 rings (SSSR count). The van der Waals surface area contributed by atoms with Gasteiger partial charge >= 0.3 is 0 Å². The number of rotatable bonds is 0. The molecule has 3 aliphatic heterocycles. The van der Waals surface area contributed by atoms with Crippen LogP contribution in [0.5, 0.6) is 5.75 Å². The summed E-state index contributed by atoms with van der Waals surface area (Å²) >= 11 is 1.84. The molecule has 0 saturated carbocycles. The number of benzene rings is 2. The van der Waals surface area contributed by atoms with E-state index in [1.54, 1.807) is 23.0 Å². The summed E-state index contributed by atoms with van der Waals surface area (Å²) in [6.45, 7) is 4.92. The number of halogens is 1. The number of hydrogen-bond donors (Lipinski definition) is 2.